The molecule has 0 aromatic heterocycles. The van der Waals surface area contributed by atoms with Crippen LogP contribution in [0, 0.1) is 0 Å². The lowest BCUT2D eigenvalue weighted by atomic mass is 10.0. The molecule has 0 spiro atoms. The number of para-hydroxylation sites is 1. The minimum Gasteiger partial charge on any atom is -0.422 e. The zero-order valence-corrected chi connectivity index (χ0v) is 22.9. The van der Waals surface area contributed by atoms with E-state index in [4.69, 9.17) is 16.3 Å². The monoisotopic (exact) mass is 583 g/mol. The fourth-order valence-electron chi connectivity index (χ4n) is 4.03. The van der Waals surface area contributed by atoms with Crippen LogP contribution >= 0.6 is 11.6 Å². The topological polar surface area (TPSA) is 114 Å². The van der Waals surface area contributed by atoms with Crippen molar-refractivity contribution < 1.29 is 22.7 Å². The smallest absolute Gasteiger partial charge is 0.343 e. The van der Waals surface area contributed by atoms with E-state index < -0.39 is 21.9 Å². The normalized spacial score (nSPS) is 11.3. The van der Waals surface area contributed by atoms with Crippen LogP contribution in [0.3, 0.4) is 0 Å². The molecule has 5 rings (SSSR count). The Morgan fingerprint density at radius 2 is 1.46 bits per heavy atom. The average molecular weight is 584 g/mol. The van der Waals surface area contributed by atoms with Crippen molar-refractivity contribution in [3.63, 3.8) is 0 Å². The Morgan fingerprint density at radius 3 is 2.24 bits per heavy atom. The summed E-state index contributed by atoms with van der Waals surface area (Å²) in [5.74, 6) is -0.938. The van der Waals surface area contributed by atoms with E-state index in [0.29, 0.717) is 16.1 Å². The lowest BCUT2D eigenvalue weighted by molar-refractivity contribution is 0.0734. The minimum atomic E-state index is -3.99. The molecule has 41 heavy (non-hydrogen) atoms. The lowest BCUT2D eigenvalue weighted by Gasteiger charge is -2.12. The van der Waals surface area contributed by atoms with Gasteiger partial charge in [-0.1, -0.05) is 72.3 Å². The summed E-state index contributed by atoms with van der Waals surface area (Å²) < 4.78 is 33.9. The van der Waals surface area contributed by atoms with Crippen molar-refractivity contribution in [2.75, 3.05) is 4.72 Å². The number of hydrazone groups is 1. The van der Waals surface area contributed by atoms with Gasteiger partial charge in [-0.15, -0.1) is 0 Å². The van der Waals surface area contributed by atoms with Crippen LogP contribution in [-0.4, -0.2) is 26.5 Å². The highest BCUT2D eigenvalue weighted by Gasteiger charge is 2.19. The number of fused-ring (bicyclic) bond motifs is 1. The molecule has 2 N–H and O–H groups in total. The van der Waals surface area contributed by atoms with Crippen LogP contribution in [0.4, 0.5) is 5.69 Å². The number of hydrogen-bond acceptors (Lipinski definition) is 6. The summed E-state index contributed by atoms with van der Waals surface area (Å²) >= 11 is 5.87. The number of amides is 1. The standard InChI is InChI=1S/C31H22ClN3O5S/c32-23-15-17-24(18-16-23)41(38,39)35-28-13-7-6-12-26(28)30(36)34-33-20-27-25-11-5-4-8-21(25)14-19-29(27)40-31(37)22-9-2-1-3-10-22/h1-20,35H,(H,34,36). The molecule has 204 valence electrons. The van der Waals surface area contributed by atoms with Gasteiger partial charge in [-0.2, -0.15) is 5.10 Å². The lowest BCUT2D eigenvalue weighted by Crippen LogP contribution is -2.21. The summed E-state index contributed by atoms with van der Waals surface area (Å²) in [6.45, 7) is 0. The van der Waals surface area contributed by atoms with Gasteiger partial charge in [0.25, 0.3) is 15.9 Å². The first-order valence-corrected chi connectivity index (χ1v) is 14.2. The van der Waals surface area contributed by atoms with Crippen LogP contribution in [0.25, 0.3) is 10.8 Å². The summed E-state index contributed by atoms with van der Waals surface area (Å²) in [6.07, 6.45) is 1.38. The second-order valence-electron chi connectivity index (χ2n) is 8.76. The summed E-state index contributed by atoms with van der Waals surface area (Å²) in [7, 11) is -3.99. The maximum absolute atomic E-state index is 13.1. The third-order valence-electron chi connectivity index (χ3n) is 6.04. The molecule has 0 unspecified atom stereocenters. The maximum atomic E-state index is 13.1. The number of sulfonamides is 1. The van der Waals surface area contributed by atoms with E-state index in [1.165, 1.54) is 42.6 Å². The Balaban J connectivity index is 1.39. The van der Waals surface area contributed by atoms with Crippen LogP contribution in [0.15, 0.2) is 125 Å². The molecule has 0 aliphatic heterocycles. The van der Waals surface area contributed by atoms with Crippen molar-refractivity contribution >= 4 is 56.2 Å². The van der Waals surface area contributed by atoms with Gasteiger partial charge >= 0.3 is 5.97 Å². The Hall–Kier alpha value is -4.99. The predicted octanol–water partition coefficient (Wildman–Crippen LogP) is 6.28. The molecule has 5 aromatic carbocycles. The van der Waals surface area contributed by atoms with Crippen LogP contribution in [0.2, 0.25) is 5.02 Å². The van der Waals surface area contributed by atoms with Crippen LogP contribution in [-0.2, 0) is 10.0 Å². The molecule has 0 radical (unpaired) electrons. The number of carbonyl (C=O) groups excluding carboxylic acids is 2. The second kappa shape index (κ2) is 12.0. The third kappa shape index (κ3) is 6.43. The van der Waals surface area contributed by atoms with Gasteiger partial charge in [-0.05, 0) is 65.4 Å². The zero-order chi connectivity index (χ0) is 28.8. The van der Waals surface area contributed by atoms with Gasteiger partial charge in [0.15, 0.2) is 0 Å². The molecular weight excluding hydrogens is 562 g/mol. The number of nitrogens with one attached hydrogen (secondary N) is 2. The Bertz CT molecular complexity index is 1880. The van der Waals surface area contributed by atoms with Gasteiger partial charge in [0.2, 0.25) is 0 Å². The van der Waals surface area contributed by atoms with Gasteiger partial charge in [-0.25, -0.2) is 18.6 Å². The molecule has 0 heterocycles. The average Bonchev–Trinajstić information content (AvgIpc) is 2.98. The molecule has 0 aliphatic rings. The Morgan fingerprint density at radius 1 is 0.780 bits per heavy atom. The molecule has 5 aromatic rings. The van der Waals surface area contributed by atoms with Crippen LogP contribution in [0.5, 0.6) is 5.75 Å². The first-order valence-electron chi connectivity index (χ1n) is 12.3. The van der Waals surface area contributed by atoms with Crippen LogP contribution in [0.1, 0.15) is 26.3 Å². The third-order valence-corrected chi connectivity index (χ3v) is 7.68. The van der Waals surface area contributed by atoms with Gasteiger partial charge in [0, 0.05) is 10.6 Å². The van der Waals surface area contributed by atoms with Crippen molar-refractivity contribution in [2.24, 2.45) is 5.10 Å². The number of ether oxygens (including phenoxy) is 1. The molecule has 8 nitrogen and oxygen atoms in total. The highest BCUT2D eigenvalue weighted by molar-refractivity contribution is 7.92. The van der Waals surface area contributed by atoms with Crippen molar-refractivity contribution in [1.29, 1.82) is 0 Å². The SMILES string of the molecule is O=C(Oc1ccc2ccccc2c1C=NNC(=O)c1ccccc1NS(=O)(=O)c1ccc(Cl)cc1)c1ccccc1. The fourth-order valence-corrected chi connectivity index (χ4v) is 5.24. The Labute approximate surface area is 241 Å². The Kier molecular flexibility index (Phi) is 8.09. The van der Waals surface area contributed by atoms with Crippen molar-refractivity contribution in [3.05, 3.63) is 137 Å². The number of rotatable bonds is 8. The van der Waals surface area contributed by atoms with E-state index >= 15 is 0 Å². The number of halogens is 1. The zero-order valence-electron chi connectivity index (χ0n) is 21.3. The molecule has 0 saturated carbocycles. The number of benzene rings is 5. The number of carbonyl (C=O) groups is 2. The van der Waals surface area contributed by atoms with Crippen LogP contribution < -0.4 is 14.9 Å². The molecule has 0 bridgehead atoms. The number of anilines is 1. The van der Waals surface area contributed by atoms with E-state index in [9.17, 15) is 18.0 Å². The molecule has 0 atom stereocenters. The second-order valence-corrected chi connectivity index (χ2v) is 10.9. The van der Waals surface area contributed by atoms with E-state index in [0.717, 1.165) is 10.8 Å². The number of hydrogen-bond donors (Lipinski definition) is 2. The van der Waals surface area contributed by atoms with E-state index in [1.807, 2.05) is 30.3 Å². The number of esters is 1. The fraction of sp³-hybridized carbons (Fsp3) is 0. The molecular formula is C31H22ClN3O5S. The predicted molar refractivity (Wildman–Crippen MR) is 159 cm³/mol. The maximum Gasteiger partial charge on any atom is 0.343 e. The molecule has 10 heteroatoms. The summed E-state index contributed by atoms with van der Waals surface area (Å²) in [5, 5.41) is 6.13. The number of nitrogens with zero attached hydrogens (tertiary/aromatic N) is 1. The first-order chi connectivity index (χ1) is 19.8. The van der Waals surface area contributed by atoms with Crippen molar-refractivity contribution in [2.45, 2.75) is 4.90 Å². The van der Waals surface area contributed by atoms with Gasteiger partial charge in [0.1, 0.15) is 5.75 Å². The minimum absolute atomic E-state index is 0.0105. The van der Waals surface area contributed by atoms with Crippen molar-refractivity contribution in [3.8, 4) is 5.75 Å². The molecule has 0 saturated heterocycles. The highest BCUT2D eigenvalue weighted by atomic mass is 35.5. The summed E-state index contributed by atoms with van der Waals surface area (Å²) in [6, 6.07) is 31.3. The van der Waals surface area contributed by atoms with E-state index in [-0.39, 0.29) is 21.9 Å². The highest BCUT2D eigenvalue weighted by Crippen LogP contribution is 2.28. The molecule has 0 fully saturated rings. The molecule has 0 aliphatic carbocycles. The van der Waals surface area contributed by atoms with Gasteiger partial charge in [0.05, 0.1) is 27.9 Å². The van der Waals surface area contributed by atoms with E-state index in [2.05, 4.69) is 15.2 Å². The molecule has 1 amide bonds. The van der Waals surface area contributed by atoms with Crippen molar-refractivity contribution in [1.82, 2.24) is 5.43 Å². The summed E-state index contributed by atoms with van der Waals surface area (Å²) in [4.78, 5) is 25.8. The summed E-state index contributed by atoms with van der Waals surface area (Å²) in [5.41, 5.74) is 3.41. The van der Waals surface area contributed by atoms with Gasteiger partial charge < -0.3 is 4.74 Å². The largest absolute Gasteiger partial charge is 0.422 e. The van der Waals surface area contributed by atoms with E-state index in [1.54, 1.807) is 48.5 Å². The van der Waals surface area contributed by atoms with Gasteiger partial charge in [-0.3, -0.25) is 9.52 Å². The quantitative estimate of drug-likeness (QED) is 0.0966. The first kappa shape index (κ1) is 27.6.